The fraction of sp³-hybridized carbons (Fsp3) is 0.179. The number of pyridine rings is 2. The van der Waals surface area contributed by atoms with E-state index in [-0.39, 0.29) is 5.91 Å². The molecule has 0 atom stereocenters. The largest absolute Gasteiger partial charge is 0.486 e. The Morgan fingerprint density at radius 1 is 1.14 bits per heavy atom. The summed E-state index contributed by atoms with van der Waals surface area (Å²) in [6.45, 7) is 3.54. The van der Waals surface area contributed by atoms with Gasteiger partial charge >= 0.3 is 0 Å². The Morgan fingerprint density at radius 2 is 2.06 bits per heavy atom. The number of ether oxygens (including phenoxy) is 1. The number of fused-ring (bicyclic) bond motifs is 2. The van der Waals surface area contributed by atoms with Crippen LogP contribution in [0.4, 0.5) is 0 Å². The highest BCUT2D eigenvalue weighted by molar-refractivity contribution is 5.98. The van der Waals surface area contributed by atoms with Crippen LogP contribution in [0.5, 0.6) is 5.75 Å². The van der Waals surface area contributed by atoms with Crippen LogP contribution in [0.25, 0.3) is 22.3 Å². The van der Waals surface area contributed by atoms with Crippen molar-refractivity contribution < 1.29 is 9.53 Å². The second-order valence-electron chi connectivity index (χ2n) is 8.77. The summed E-state index contributed by atoms with van der Waals surface area (Å²) in [4.78, 5) is 27.6. The molecular formula is C28H25N5O2. The first-order valence-electron chi connectivity index (χ1n) is 11.7. The number of nitrogens with one attached hydrogen (secondary N) is 1. The predicted molar refractivity (Wildman–Crippen MR) is 135 cm³/mol. The average Bonchev–Trinajstić information content (AvgIpc) is 3.52. The Bertz CT molecular complexity index is 1580. The van der Waals surface area contributed by atoms with Crippen LogP contribution in [0.2, 0.25) is 0 Å². The van der Waals surface area contributed by atoms with Crippen molar-refractivity contribution in [3.8, 4) is 5.75 Å². The second kappa shape index (κ2) is 8.76. The average molecular weight is 464 g/mol. The standard InChI is InChI=1S/C28H25N5O2/c1-19-6-5-13-33-17-21(31-27(19)33)18-35-25-9-3-2-7-23(25)28(34)32-14-10-20(11-15-32)24-16-30-26-22(24)8-4-12-29-26/h2-10,12-13,16-17H,11,14-15,18H2,1H3,(H,29,30). The van der Waals surface area contributed by atoms with Gasteiger partial charge in [0.1, 0.15) is 23.7 Å². The molecule has 1 aliphatic heterocycles. The maximum absolute atomic E-state index is 13.4. The van der Waals surface area contributed by atoms with Gasteiger partial charge in [0.05, 0.1) is 11.3 Å². The molecule has 0 bridgehead atoms. The number of nitrogens with zero attached hydrogens (tertiary/aromatic N) is 4. The summed E-state index contributed by atoms with van der Waals surface area (Å²) in [6, 6.07) is 15.5. The van der Waals surface area contributed by atoms with Crippen LogP contribution in [-0.4, -0.2) is 43.2 Å². The van der Waals surface area contributed by atoms with Gasteiger partial charge in [-0.25, -0.2) is 9.97 Å². The van der Waals surface area contributed by atoms with Gasteiger partial charge in [0, 0.05) is 48.8 Å². The molecule has 7 nitrogen and oxygen atoms in total. The first kappa shape index (κ1) is 21.2. The number of para-hydroxylation sites is 1. The molecule has 0 unspecified atom stereocenters. The summed E-state index contributed by atoms with van der Waals surface area (Å²) in [5.74, 6) is 0.547. The van der Waals surface area contributed by atoms with Gasteiger partial charge in [-0.05, 0) is 54.8 Å². The van der Waals surface area contributed by atoms with Gasteiger partial charge in [-0.2, -0.15) is 0 Å². The molecule has 0 fully saturated rings. The molecule has 0 radical (unpaired) electrons. The minimum atomic E-state index is -0.0256. The second-order valence-corrected chi connectivity index (χ2v) is 8.77. The van der Waals surface area contributed by atoms with E-state index in [0.717, 1.165) is 39.9 Å². The molecule has 35 heavy (non-hydrogen) atoms. The molecule has 1 aliphatic rings. The summed E-state index contributed by atoms with van der Waals surface area (Å²) < 4.78 is 8.08. The summed E-state index contributed by atoms with van der Waals surface area (Å²) in [6.07, 6.45) is 10.7. The van der Waals surface area contributed by atoms with Gasteiger partial charge in [0.15, 0.2) is 0 Å². The smallest absolute Gasteiger partial charge is 0.257 e. The lowest BCUT2D eigenvalue weighted by molar-refractivity contribution is 0.0768. The lowest BCUT2D eigenvalue weighted by Gasteiger charge is -2.27. The molecule has 6 rings (SSSR count). The molecule has 7 heteroatoms. The van der Waals surface area contributed by atoms with E-state index in [1.807, 2.05) is 77.3 Å². The Kier molecular flexibility index (Phi) is 5.29. The number of aryl methyl sites for hydroxylation is 1. The molecule has 0 aliphatic carbocycles. The first-order chi connectivity index (χ1) is 17.2. The molecule has 5 aromatic rings. The van der Waals surface area contributed by atoms with Gasteiger partial charge in [-0.3, -0.25) is 4.79 Å². The summed E-state index contributed by atoms with van der Waals surface area (Å²) in [7, 11) is 0. The van der Waals surface area contributed by atoms with Crippen molar-refractivity contribution in [2.45, 2.75) is 20.0 Å². The van der Waals surface area contributed by atoms with Crippen LogP contribution in [0.1, 0.15) is 33.6 Å². The van der Waals surface area contributed by atoms with E-state index >= 15 is 0 Å². The molecule has 0 saturated heterocycles. The number of amides is 1. The quantitative estimate of drug-likeness (QED) is 0.397. The Labute approximate surface area is 202 Å². The van der Waals surface area contributed by atoms with E-state index in [9.17, 15) is 4.79 Å². The number of rotatable bonds is 5. The zero-order valence-electron chi connectivity index (χ0n) is 19.4. The Balaban J connectivity index is 1.18. The Hall–Kier alpha value is -4.39. The van der Waals surface area contributed by atoms with Crippen LogP contribution < -0.4 is 4.74 Å². The normalized spacial score (nSPS) is 13.9. The number of hydrogen-bond donors (Lipinski definition) is 1. The fourth-order valence-electron chi connectivity index (χ4n) is 4.69. The molecule has 5 heterocycles. The summed E-state index contributed by atoms with van der Waals surface area (Å²) in [5, 5.41) is 1.11. The van der Waals surface area contributed by atoms with Crippen molar-refractivity contribution in [1.29, 1.82) is 0 Å². The number of aromatic amines is 1. The van der Waals surface area contributed by atoms with Crippen LogP contribution in [0.15, 0.2) is 79.4 Å². The highest BCUT2D eigenvalue weighted by Crippen LogP contribution is 2.30. The van der Waals surface area contributed by atoms with E-state index in [4.69, 9.17) is 4.74 Å². The zero-order chi connectivity index (χ0) is 23.8. The zero-order valence-corrected chi connectivity index (χ0v) is 19.4. The molecular weight excluding hydrogens is 438 g/mol. The van der Waals surface area contributed by atoms with Crippen LogP contribution >= 0.6 is 0 Å². The van der Waals surface area contributed by atoms with Gasteiger partial charge in [-0.15, -0.1) is 0 Å². The van der Waals surface area contributed by atoms with Gasteiger partial charge in [0.2, 0.25) is 0 Å². The summed E-state index contributed by atoms with van der Waals surface area (Å²) in [5.41, 5.74) is 6.69. The third-order valence-corrected chi connectivity index (χ3v) is 6.51. The van der Waals surface area contributed by atoms with Crippen LogP contribution in [0, 0.1) is 6.92 Å². The Morgan fingerprint density at radius 3 is 2.91 bits per heavy atom. The number of imidazole rings is 1. The van der Waals surface area contributed by atoms with E-state index in [2.05, 4.69) is 27.1 Å². The van der Waals surface area contributed by atoms with Crippen molar-refractivity contribution in [1.82, 2.24) is 24.3 Å². The van der Waals surface area contributed by atoms with E-state index < -0.39 is 0 Å². The van der Waals surface area contributed by atoms with Crippen LogP contribution in [0.3, 0.4) is 0 Å². The van der Waals surface area contributed by atoms with Gasteiger partial charge in [0.25, 0.3) is 5.91 Å². The predicted octanol–water partition coefficient (Wildman–Crippen LogP) is 5.03. The minimum absolute atomic E-state index is 0.0256. The third-order valence-electron chi connectivity index (χ3n) is 6.51. The number of aromatic nitrogens is 4. The maximum Gasteiger partial charge on any atom is 0.257 e. The fourth-order valence-corrected chi connectivity index (χ4v) is 4.69. The minimum Gasteiger partial charge on any atom is -0.486 e. The first-order valence-corrected chi connectivity index (χ1v) is 11.7. The van der Waals surface area contributed by atoms with Gasteiger partial charge < -0.3 is 19.0 Å². The van der Waals surface area contributed by atoms with Crippen molar-refractivity contribution in [2.24, 2.45) is 0 Å². The van der Waals surface area contributed by atoms with E-state index in [1.54, 1.807) is 6.20 Å². The molecule has 1 amide bonds. The van der Waals surface area contributed by atoms with Crippen molar-refractivity contribution in [2.75, 3.05) is 13.1 Å². The molecule has 0 spiro atoms. The molecule has 0 saturated carbocycles. The number of H-pyrrole nitrogens is 1. The van der Waals surface area contributed by atoms with Crippen molar-refractivity contribution in [3.63, 3.8) is 0 Å². The number of carbonyl (C=O) groups is 1. The lowest BCUT2D eigenvalue weighted by atomic mass is 9.99. The number of carbonyl (C=O) groups excluding carboxylic acids is 1. The molecule has 1 N–H and O–H groups in total. The van der Waals surface area contributed by atoms with Crippen LogP contribution in [-0.2, 0) is 6.61 Å². The van der Waals surface area contributed by atoms with E-state index in [0.29, 0.717) is 31.0 Å². The number of hydrogen-bond acceptors (Lipinski definition) is 4. The summed E-state index contributed by atoms with van der Waals surface area (Å²) >= 11 is 0. The molecule has 174 valence electrons. The highest BCUT2D eigenvalue weighted by Gasteiger charge is 2.23. The monoisotopic (exact) mass is 463 g/mol. The SMILES string of the molecule is Cc1cccn2cc(COc3ccccc3C(=O)N3CC=C(c4c[nH]c5ncccc45)CC3)nc12. The molecule has 1 aromatic carbocycles. The topological polar surface area (TPSA) is 75.5 Å². The van der Waals surface area contributed by atoms with Crippen molar-refractivity contribution in [3.05, 3.63) is 102 Å². The molecule has 4 aromatic heterocycles. The van der Waals surface area contributed by atoms with E-state index in [1.165, 1.54) is 5.57 Å². The lowest BCUT2D eigenvalue weighted by Crippen LogP contribution is -2.34. The third kappa shape index (κ3) is 3.95. The van der Waals surface area contributed by atoms with Crippen molar-refractivity contribution >= 4 is 28.2 Å². The highest BCUT2D eigenvalue weighted by atomic mass is 16.5. The maximum atomic E-state index is 13.4. The van der Waals surface area contributed by atoms with Gasteiger partial charge in [-0.1, -0.05) is 24.3 Å². The number of benzene rings is 1.